The molecule has 262 valence electrons. The number of aryl methyl sites for hydroxylation is 1. The molecular formula is C48H41IrN4. The van der Waals surface area contributed by atoms with E-state index in [0.717, 1.165) is 50.2 Å². The van der Waals surface area contributed by atoms with Crippen LogP contribution in [0.2, 0.25) is 0 Å². The summed E-state index contributed by atoms with van der Waals surface area (Å²) in [6.07, 6.45) is 3.76. The number of fused-ring (bicyclic) bond motifs is 3. The number of imidazole rings is 1. The van der Waals surface area contributed by atoms with Crippen LogP contribution in [-0.4, -0.2) is 19.4 Å². The van der Waals surface area contributed by atoms with Gasteiger partial charge in [-0.25, -0.2) is 0 Å². The van der Waals surface area contributed by atoms with E-state index in [1.165, 1.54) is 27.7 Å². The molecule has 0 spiro atoms. The summed E-state index contributed by atoms with van der Waals surface area (Å²) in [4.78, 5) is 15.8. The molecule has 1 aliphatic rings. The van der Waals surface area contributed by atoms with E-state index < -0.39 is 10.8 Å². The van der Waals surface area contributed by atoms with Gasteiger partial charge in [0.25, 0.3) is 0 Å². The van der Waals surface area contributed by atoms with Crippen molar-refractivity contribution in [3.05, 3.63) is 190 Å². The third-order valence-electron chi connectivity index (χ3n) is 12.6. The Kier molecular flexibility index (Phi) is 8.14. The summed E-state index contributed by atoms with van der Waals surface area (Å²) in [5, 5.41) is 3.38. The number of hydrogen-bond donors (Lipinski definition) is 0. The first kappa shape index (κ1) is 35.1. The Morgan fingerprint density at radius 1 is 0.642 bits per heavy atom. The molecule has 4 aromatic carbocycles. The fraction of sp³-hybridized carbons (Fsp3) is 0.229. The van der Waals surface area contributed by atoms with Crippen molar-refractivity contribution < 1.29 is 20.1 Å². The van der Waals surface area contributed by atoms with Gasteiger partial charge in [-0.1, -0.05) is 68.3 Å². The average molecular weight is 866 g/mol. The minimum Gasteiger partial charge on any atom is -0.336 e. The van der Waals surface area contributed by atoms with Gasteiger partial charge in [-0.15, -0.1) is 34.9 Å². The first-order valence-electron chi connectivity index (χ1n) is 18.1. The van der Waals surface area contributed by atoms with Crippen LogP contribution in [0, 0.1) is 25.1 Å². The van der Waals surface area contributed by atoms with E-state index in [-0.39, 0.29) is 30.9 Å². The molecule has 1 aliphatic heterocycles. The predicted molar refractivity (Wildman–Crippen MR) is 210 cm³/mol. The van der Waals surface area contributed by atoms with Gasteiger partial charge < -0.3 is 4.40 Å². The monoisotopic (exact) mass is 866 g/mol. The maximum Gasteiger partial charge on any atom is 3.00 e. The normalized spacial score (nSPS) is 16.7. The quantitative estimate of drug-likeness (QED) is 0.124. The molecule has 0 N–H and O–H groups in total. The summed E-state index contributed by atoms with van der Waals surface area (Å²) >= 11 is 0. The van der Waals surface area contributed by atoms with Crippen molar-refractivity contribution in [1.82, 2.24) is 19.4 Å². The summed E-state index contributed by atoms with van der Waals surface area (Å²) in [6.45, 7) is 16.3. The van der Waals surface area contributed by atoms with Gasteiger partial charge in [0.2, 0.25) is 0 Å². The SMILES string of the molecule is Cc1ccc2c3c1c1ccc(C(C)(c4[c-]cccc4)c4ccccn4)[c-]c1c1nc([C@](C)(c4[c-]cccc4)c4ccccn4)c(n13)C(C)(C)C2(C)C.[Ir+3]. The number of hydrogen-bond acceptors (Lipinski definition) is 3. The Morgan fingerprint density at radius 3 is 1.83 bits per heavy atom. The van der Waals surface area contributed by atoms with Gasteiger partial charge in [0.1, 0.15) is 0 Å². The van der Waals surface area contributed by atoms with Crippen molar-refractivity contribution in [3.63, 3.8) is 0 Å². The van der Waals surface area contributed by atoms with Gasteiger partial charge >= 0.3 is 20.1 Å². The summed E-state index contributed by atoms with van der Waals surface area (Å²) < 4.78 is 2.48. The van der Waals surface area contributed by atoms with Gasteiger partial charge in [0.05, 0.1) is 28.1 Å². The van der Waals surface area contributed by atoms with Crippen LogP contribution >= 0.6 is 0 Å². The molecule has 4 aromatic heterocycles. The fourth-order valence-corrected chi connectivity index (χ4v) is 8.84. The molecule has 5 heteroatoms. The van der Waals surface area contributed by atoms with E-state index in [9.17, 15) is 0 Å². The Balaban J connectivity index is 0.00000400. The Labute approximate surface area is 325 Å². The van der Waals surface area contributed by atoms with E-state index in [1.807, 2.05) is 48.8 Å². The van der Waals surface area contributed by atoms with Crippen molar-refractivity contribution >= 4 is 27.3 Å². The zero-order valence-corrected chi connectivity index (χ0v) is 33.6. The summed E-state index contributed by atoms with van der Waals surface area (Å²) in [7, 11) is 0. The number of aromatic nitrogens is 4. The minimum absolute atomic E-state index is 0. The summed E-state index contributed by atoms with van der Waals surface area (Å²) in [5.41, 5.74) is 10.00. The van der Waals surface area contributed by atoms with Crippen molar-refractivity contribution in [2.75, 3.05) is 0 Å². The molecule has 0 saturated carbocycles. The Hall–Kier alpha value is -4.96. The first-order valence-corrected chi connectivity index (χ1v) is 18.1. The van der Waals surface area contributed by atoms with Crippen LogP contribution in [0.5, 0.6) is 0 Å². The molecule has 8 aromatic rings. The second-order valence-corrected chi connectivity index (χ2v) is 15.8. The second-order valence-electron chi connectivity index (χ2n) is 15.8. The van der Waals surface area contributed by atoms with Crippen LogP contribution < -0.4 is 0 Å². The fourth-order valence-electron chi connectivity index (χ4n) is 8.84. The molecule has 53 heavy (non-hydrogen) atoms. The van der Waals surface area contributed by atoms with Gasteiger partial charge in [-0.2, -0.15) is 60.7 Å². The third-order valence-corrected chi connectivity index (χ3v) is 12.6. The number of pyridine rings is 3. The summed E-state index contributed by atoms with van der Waals surface area (Å²) in [5.74, 6) is 0. The van der Waals surface area contributed by atoms with Crippen LogP contribution in [0.15, 0.2) is 122 Å². The number of nitrogens with zero attached hydrogens (tertiary/aromatic N) is 4. The van der Waals surface area contributed by atoms with Gasteiger partial charge in [0, 0.05) is 39.8 Å². The molecular weight excluding hydrogens is 825 g/mol. The zero-order valence-electron chi connectivity index (χ0n) is 31.2. The van der Waals surface area contributed by atoms with Crippen LogP contribution in [0.4, 0.5) is 0 Å². The van der Waals surface area contributed by atoms with Gasteiger partial charge in [0.15, 0.2) is 0 Å². The molecule has 0 fully saturated rings. The maximum absolute atomic E-state index is 5.83. The van der Waals surface area contributed by atoms with Crippen LogP contribution in [0.25, 0.3) is 27.3 Å². The molecule has 2 atom stereocenters. The second kappa shape index (κ2) is 12.3. The standard InChI is InChI=1S/C48H41N4.Ir/c1-31-24-27-37-41-40(31)35-26-25-34(47(6,32-18-10-8-11-19-32)38-22-14-16-28-49-38)30-36(35)44-51-42(43(52(41)44)46(4,5)45(37,2)3)48(7,33-20-12-9-13-21-33)39-23-15-17-29-50-39;/h8-18,20,22-29H,1-7H3;/q-3;+3/t47?,48-;/m1./s1. The van der Waals surface area contributed by atoms with E-state index in [0.29, 0.717) is 0 Å². The predicted octanol–water partition coefficient (Wildman–Crippen LogP) is 10.4. The molecule has 5 heterocycles. The third kappa shape index (κ3) is 4.73. The van der Waals surface area contributed by atoms with Gasteiger partial charge in [-0.3, -0.25) is 15.0 Å². The summed E-state index contributed by atoms with van der Waals surface area (Å²) in [6, 6.07) is 49.2. The first-order chi connectivity index (χ1) is 25.0. The molecule has 0 amide bonds. The molecule has 9 rings (SSSR count). The van der Waals surface area contributed by atoms with Crippen molar-refractivity contribution in [3.8, 4) is 0 Å². The molecule has 0 radical (unpaired) electrons. The zero-order chi connectivity index (χ0) is 36.0. The Morgan fingerprint density at radius 2 is 1.25 bits per heavy atom. The maximum atomic E-state index is 5.83. The number of rotatable bonds is 6. The molecule has 4 nitrogen and oxygen atoms in total. The minimum atomic E-state index is -0.698. The molecule has 1 unspecified atom stereocenters. The van der Waals surface area contributed by atoms with Crippen molar-refractivity contribution in [2.24, 2.45) is 0 Å². The van der Waals surface area contributed by atoms with E-state index >= 15 is 0 Å². The van der Waals surface area contributed by atoms with E-state index in [2.05, 4.69) is 144 Å². The average Bonchev–Trinajstić information content (AvgIpc) is 3.61. The number of benzene rings is 4. The topological polar surface area (TPSA) is 43.1 Å². The van der Waals surface area contributed by atoms with Crippen LogP contribution in [0.1, 0.15) is 92.1 Å². The van der Waals surface area contributed by atoms with Crippen molar-refractivity contribution in [1.29, 1.82) is 0 Å². The van der Waals surface area contributed by atoms with E-state index in [4.69, 9.17) is 15.0 Å². The van der Waals surface area contributed by atoms with Crippen LogP contribution in [-0.2, 0) is 41.8 Å². The molecule has 0 aliphatic carbocycles. The Bertz CT molecular complexity index is 2570. The molecule has 0 bridgehead atoms. The molecule has 0 saturated heterocycles. The van der Waals surface area contributed by atoms with Crippen LogP contribution in [0.3, 0.4) is 0 Å². The largest absolute Gasteiger partial charge is 3.00 e. The van der Waals surface area contributed by atoms with E-state index in [1.54, 1.807) is 0 Å². The smallest absolute Gasteiger partial charge is 0.336 e. The van der Waals surface area contributed by atoms with Gasteiger partial charge in [-0.05, 0) is 56.0 Å². The van der Waals surface area contributed by atoms with Crippen molar-refractivity contribution in [2.45, 2.75) is 70.1 Å².